The molecular formula is C25H25F3N4O3. The molecule has 2 aromatic carbocycles. The number of anilines is 1. The van der Waals surface area contributed by atoms with Gasteiger partial charge in [-0.15, -0.1) is 13.2 Å². The molecule has 0 aliphatic carbocycles. The van der Waals surface area contributed by atoms with Crippen molar-refractivity contribution in [3.05, 3.63) is 66.5 Å². The Labute approximate surface area is 200 Å². The summed E-state index contributed by atoms with van der Waals surface area (Å²) in [5, 5.41) is 2.76. The lowest BCUT2D eigenvalue weighted by molar-refractivity contribution is -0.274. The number of aromatic nitrogens is 2. The first-order valence-corrected chi connectivity index (χ1v) is 11.1. The van der Waals surface area contributed by atoms with E-state index in [1.807, 2.05) is 35.2 Å². The number of piperidine rings is 1. The number of ether oxygens (including phenoxy) is 2. The van der Waals surface area contributed by atoms with Gasteiger partial charge in [-0.2, -0.15) is 0 Å². The molecule has 1 unspecified atom stereocenters. The minimum atomic E-state index is -4.80. The van der Waals surface area contributed by atoms with Crippen molar-refractivity contribution in [3.63, 3.8) is 0 Å². The number of carbonyl (C=O) groups excluding carboxylic acids is 1. The second-order valence-electron chi connectivity index (χ2n) is 8.15. The number of alkyl halides is 3. The SMILES string of the molecule is COc1ccc(-c2cc(N3CCCC(C(=O)NCc4ccccc4OC(F)(F)F)C3)ncn2)cc1. The van der Waals surface area contributed by atoms with Gasteiger partial charge in [-0.3, -0.25) is 4.79 Å². The maximum Gasteiger partial charge on any atom is 0.573 e. The molecular weight excluding hydrogens is 461 g/mol. The monoisotopic (exact) mass is 486 g/mol. The number of hydrogen-bond donors (Lipinski definition) is 1. The van der Waals surface area contributed by atoms with Crippen molar-refractivity contribution in [1.29, 1.82) is 0 Å². The summed E-state index contributed by atoms with van der Waals surface area (Å²) < 4.78 is 47.2. The molecule has 4 rings (SSSR count). The molecule has 1 amide bonds. The molecule has 1 fully saturated rings. The third-order valence-electron chi connectivity index (χ3n) is 5.81. The van der Waals surface area contributed by atoms with E-state index in [1.54, 1.807) is 13.2 Å². The Bertz CT molecular complexity index is 1160. The Kier molecular flexibility index (Phi) is 7.38. The molecule has 1 N–H and O–H groups in total. The van der Waals surface area contributed by atoms with Crippen LogP contribution in [-0.4, -0.2) is 42.4 Å². The van der Waals surface area contributed by atoms with Crippen LogP contribution in [0.5, 0.6) is 11.5 Å². The van der Waals surface area contributed by atoms with E-state index in [2.05, 4.69) is 20.0 Å². The summed E-state index contributed by atoms with van der Waals surface area (Å²) >= 11 is 0. The second kappa shape index (κ2) is 10.6. The zero-order valence-electron chi connectivity index (χ0n) is 19.1. The van der Waals surface area contributed by atoms with Gasteiger partial charge in [0, 0.05) is 36.8 Å². The smallest absolute Gasteiger partial charge is 0.497 e. The Morgan fingerprint density at radius 3 is 2.66 bits per heavy atom. The molecule has 3 aromatic rings. The van der Waals surface area contributed by atoms with E-state index in [4.69, 9.17) is 4.74 Å². The number of rotatable bonds is 7. The molecule has 1 atom stereocenters. The molecule has 10 heteroatoms. The highest BCUT2D eigenvalue weighted by atomic mass is 19.4. The summed E-state index contributed by atoms with van der Waals surface area (Å²) in [7, 11) is 1.61. The van der Waals surface area contributed by atoms with Crippen LogP contribution in [0.3, 0.4) is 0 Å². The second-order valence-corrected chi connectivity index (χ2v) is 8.15. The Balaban J connectivity index is 1.40. The molecule has 1 aromatic heterocycles. The predicted octanol–water partition coefficient (Wildman–Crippen LogP) is 4.58. The average Bonchev–Trinajstić information content (AvgIpc) is 2.87. The number of benzene rings is 2. The van der Waals surface area contributed by atoms with Crippen molar-refractivity contribution >= 4 is 11.7 Å². The van der Waals surface area contributed by atoms with Crippen molar-refractivity contribution < 1.29 is 27.4 Å². The largest absolute Gasteiger partial charge is 0.573 e. The van der Waals surface area contributed by atoms with Gasteiger partial charge >= 0.3 is 6.36 Å². The first-order chi connectivity index (χ1) is 16.8. The van der Waals surface area contributed by atoms with Crippen LogP contribution < -0.4 is 19.7 Å². The normalized spacial score (nSPS) is 16.0. The van der Waals surface area contributed by atoms with E-state index in [9.17, 15) is 18.0 Å². The van der Waals surface area contributed by atoms with Gasteiger partial charge in [0.2, 0.25) is 5.91 Å². The van der Waals surface area contributed by atoms with Crippen LogP contribution >= 0.6 is 0 Å². The van der Waals surface area contributed by atoms with Gasteiger partial charge < -0.3 is 19.7 Å². The van der Waals surface area contributed by atoms with Crippen LogP contribution in [0.15, 0.2) is 60.9 Å². The van der Waals surface area contributed by atoms with Gasteiger partial charge in [-0.25, -0.2) is 9.97 Å². The lowest BCUT2D eigenvalue weighted by Crippen LogP contribution is -2.43. The highest BCUT2D eigenvalue weighted by Gasteiger charge is 2.32. The third kappa shape index (κ3) is 6.40. The topological polar surface area (TPSA) is 76.6 Å². The van der Waals surface area contributed by atoms with Gasteiger partial charge in [0.15, 0.2) is 0 Å². The van der Waals surface area contributed by atoms with Crippen LogP contribution in [0.4, 0.5) is 19.0 Å². The fourth-order valence-electron chi connectivity index (χ4n) is 4.04. The highest BCUT2D eigenvalue weighted by molar-refractivity contribution is 5.79. The molecule has 1 aliphatic rings. The number of para-hydroxylation sites is 1. The molecule has 184 valence electrons. The van der Waals surface area contributed by atoms with Gasteiger partial charge in [0.25, 0.3) is 0 Å². The molecule has 1 saturated heterocycles. The average molecular weight is 486 g/mol. The van der Waals surface area contributed by atoms with Gasteiger partial charge in [-0.05, 0) is 43.2 Å². The quantitative estimate of drug-likeness (QED) is 0.527. The van der Waals surface area contributed by atoms with E-state index < -0.39 is 6.36 Å². The minimum Gasteiger partial charge on any atom is -0.497 e. The number of carbonyl (C=O) groups is 1. The van der Waals surface area contributed by atoms with Gasteiger partial charge in [-0.1, -0.05) is 18.2 Å². The number of halogens is 3. The van der Waals surface area contributed by atoms with Crippen molar-refractivity contribution in [3.8, 4) is 22.8 Å². The lowest BCUT2D eigenvalue weighted by Gasteiger charge is -2.33. The maximum atomic E-state index is 12.8. The first-order valence-electron chi connectivity index (χ1n) is 11.1. The number of amides is 1. The lowest BCUT2D eigenvalue weighted by atomic mass is 9.97. The molecule has 1 aliphatic heterocycles. The van der Waals surface area contributed by atoms with E-state index in [-0.39, 0.29) is 29.7 Å². The van der Waals surface area contributed by atoms with Crippen molar-refractivity contribution in [2.75, 3.05) is 25.1 Å². The first kappa shape index (κ1) is 24.3. The third-order valence-corrected chi connectivity index (χ3v) is 5.81. The van der Waals surface area contributed by atoms with Gasteiger partial charge in [0.1, 0.15) is 23.6 Å². The fraction of sp³-hybridized carbons (Fsp3) is 0.320. The van der Waals surface area contributed by atoms with E-state index >= 15 is 0 Å². The molecule has 35 heavy (non-hydrogen) atoms. The van der Waals surface area contributed by atoms with E-state index in [0.717, 1.165) is 30.0 Å². The standard InChI is InChI=1S/C25H25F3N4O3/c1-34-20-10-8-17(9-11-20)21-13-23(31-16-30-21)32-12-4-6-19(15-32)24(33)29-14-18-5-2-3-7-22(18)35-25(26,27)28/h2-3,5,7-11,13,16,19H,4,6,12,14-15H2,1H3,(H,29,33). The van der Waals surface area contributed by atoms with Crippen molar-refractivity contribution in [2.24, 2.45) is 5.92 Å². The zero-order valence-corrected chi connectivity index (χ0v) is 19.1. The summed E-state index contributed by atoms with van der Waals surface area (Å²) in [5.74, 6) is 0.602. The molecule has 0 radical (unpaired) electrons. The summed E-state index contributed by atoms with van der Waals surface area (Å²) in [5.41, 5.74) is 1.93. The summed E-state index contributed by atoms with van der Waals surface area (Å²) in [6.07, 6.45) is -1.84. The van der Waals surface area contributed by atoms with Crippen LogP contribution in [0, 0.1) is 5.92 Å². The van der Waals surface area contributed by atoms with Crippen molar-refractivity contribution in [1.82, 2.24) is 15.3 Å². The summed E-state index contributed by atoms with van der Waals surface area (Å²) in [6, 6.07) is 15.2. The Hall–Kier alpha value is -3.82. The predicted molar refractivity (Wildman–Crippen MR) is 124 cm³/mol. The van der Waals surface area contributed by atoms with Crippen molar-refractivity contribution in [2.45, 2.75) is 25.7 Å². The minimum absolute atomic E-state index is 0.0588. The van der Waals surface area contributed by atoms with E-state index in [0.29, 0.717) is 18.8 Å². The highest BCUT2D eigenvalue weighted by Crippen LogP contribution is 2.28. The summed E-state index contributed by atoms with van der Waals surface area (Å²) in [4.78, 5) is 23.6. The number of nitrogens with zero attached hydrogens (tertiary/aromatic N) is 3. The maximum absolute atomic E-state index is 12.8. The molecule has 0 spiro atoms. The molecule has 0 saturated carbocycles. The van der Waals surface area contributed by atoms with E-state index in [1.165, 1.54) is 24.5 Å². The number of hydrogen-bond acceptors (Lipinski definition) is 6. The number of nitrogens with one attached hydrogen (secondary N) is 1. The molecule has 0 bridgehead atoms. The van der Waals surface area contributed by atoms with Crippen LogP contribution in [0.2, 0.25) is 0 Å². The summed E-state index contributed by atoms with van der Waals surface area (Å²) in [6.45, 7) is 1.13. The van der Waals surface area contributed by atoms with Crippen LogP contribution in [0.1, 0.15) is 18.4 Å². The van der Waals surface area contributed by atoms with Crippen LogP contribution in [0.25, 0.3) is 11.3 Å². The fourth-order valence-corrected chi connectivity index (χ4v) is 4.04. The Morgan fingerprint density at radius 1 is 1.14 bits per heavy atom. The zero-order chi connectivity index (χ0) is 24.8. The number of methoxy groups -OCH3 is 1. The molecule has 7 nitrogen and oxygen atoms in total. The van der Waals surface area contributed by atoms with Crippen LogP contribution in [-0.2, 0) is 11.3 Å². The molecule has 2 heterocycles. The van der Waals surface area contributed by atoms with Gasteiger partial charge in [0.05, 0.1) is 18.7 Å². The Morgan fingerprint density at radius 2 is 1.91 bits per heavy atom.